The van der Waals surface area contributed by atoms with Crippen LogP contribution in [0.5, 0.6) is 0 Å². The zero-order valence-electron chi connectivity index (χ0n) is 20.0. The Morgan fingerprint density at radius 3 is 2.39 bits per heavy atom. The first-order valence-corrected chi connectivity index (χ1v) is 13.7. The highest BCUT2D eigenvalue weighted by atomic mass is 127. The average molecular weight is 630 g/mol. The van der Waals surface area contributed by atoms with E-state index in [9.17, 15) is 9.59 Å². The Balaban J connectivity index is 1.46. The number of halogens is 2. The number of carbonyl (C=O) groups excluding carboxylic acids is 2. The van der Waals surface area contributed by atoms with Crippen LogP contribution in [0.1, 0.15) is 22.3 Å². The van der Waals surface area contributed by atoms with E-state index in [2.05, 4.69) is 62.5 Å². The Morgan fingerprint density at radius 2 is 1.66 bits per heavy atom. The number of rotatable bonds is 5. The van der Waals surface area contributed by atoms with Gasteiger partial charge >= 0.3 is 5.91 Å². The molecule has 4 aromatic carbocycles. The van der Waals surface area contributed by atoms with E-state index in [1.807, 2.05) is 48.5 Å². The van der Waals surface area contributed by atoms with Crippen LogP contribution in [0.2, 0.25) is 5.02 Å². The number of amides is 2. The predicted molar refractivity (Wildman–Crippen MR) is 163 cm³/mol. The fourth-order valence-corrected chi connectivity index (χ4v) is 4.76. The van der Waals surface area contributed by atoms with Crippen molar-refractivity contribution < 1.29 is 9.59 Å². The largest absolute Gasteiger partial charge is 0.354 e. The molecule has 0 spiro atoms. The fraction of sp³-hybridized carbons (Fsp3) is 0.0323. The summed E-state index contributed by atoms with van der Waals surface area (Å²) in [7, 11) is 0. The summed E-state index contributed by atoms with van der Waals surface area (Å²) in [6.45, 7) is 0. The van der Waals surface area contributed by atoms with Crippen LogP contribution < -0.4 is 16.0 Å². The van der Waals surface area contributed by atoms with Crippen molar-refractivity contribution in [3.63, 3.8) is 0 Å². The van der Waals surface area contributed by atoms with E-state index in [0.29, 0.717) is 33.2 Å². The highest BCUT2D eigenvalue weighted by Crippen LogP contribution is 2.38. The van der Waals surface area contributed by atoms with Gasteiger partial charge in [0, 0.05) is 37.9 Å². The summed E-state index contributed by atoms with van der Waals surface area (Å²) in [4.78, 5) is 25.5. The van der Waals surface area contributed by atoms with Gasteiger partial charge in [-0.15, -0.1) is 0 Å². The van der Waals surface area contributed by atoms with Crippen LogP contribution in [0.3, 0.4) is 0 Å². The molecule has 0 radical (unpaired) electrons. The maximum atomic E-state index is 13.2. The fourth-order valence-electron chi connectivity index (χ4n) is 4.06. The molecule has 0 fully saturated rings. The number of hydrogen-bond acceptors (Lipinski definition) is 3. The Kier molecular flexibility index (Phi) is 7.78. The summed E-state index contributed by atoms with van der Waals surface area (Å²) in [6.07, 6.45) is 0. The van der Waals surface area contributed by atoms with Gasteiger partial charge in [0.25, 0.3) is 5.91 Å². The molecule has 7 heteroatoms. The molecule has 5 rings (SSSR count). The Labute approximate surface area is 239 Å². The van der Waals surface area contributed by atoms with E-state index in [-0.39, 0.29) is 5.91 Å². The van der Waals surface area contributed by atoms with Gasteiger partial charge in [-0.3, -0.25) is 9.59 Å². The van der Waals surface area contributed by atoms with Crippen molar-refractivity contribution in [2.45, 2.75) is 4.43 Å². The lowest BCUT2D eigenvalue weighted by atomic mass is 9.99. The number of hydrogen-bond donors (Lipinski definition) is 3. The first-order chi connectivity index (χ1) is 18.5. The van der Waals surface area contributed by atoms with Crippen molar-refractivity contribution in [3.05, 3.63) is 124 Å². The molecule has 38 heavy (non-hydrogen) atoms. The van der Waals surface area contributed by atoms with Crippen molar-refractivity contribution in [3.8, 4) is 11.8 Å². The first-order valence-electron chi connectivity index (χ1n) is 11.8. The Hall–Kier alpha value is -4.06. The molecule has 0 atom stereocenters. The van der Waals surface area contributed by atoms with Crippen LogP contribution in [0.4, 0.5) is 17.1 Å². The molecule has 0 aliphatic carbocycles. The van der Waals surface area contributed by atoms with Gasteiger partial charge in [0.2, 0.25) is 0 Å². The number of anilines is 3. The van der Waals surface area contributed by atoms with E-state index in [1.54, 1.807) is 36.4 Å². The monoisotopic (exact) mass is 629 g/mol. The highest BCUT2D eigenvalue weighted by molar-refractivity contribution is 14.1. The van der Waals surface area contributed by atoms with Gasteiger partial charge in [0.1, 0.15) is 0 Å². The maximum Gasteiger partial charge on any atom is 0.300 e. The van der Waals surface area contributed by atoms with Crippen molar-refractivity contribution in [2.75, 3.05) is 16.0 Å². The highest BCUT2D eigenvalue weighted by Gasteiger charge is 2.28. The minimum Gasteiger partial charge on any atom is -0.354 e. The Bertz CT molecular complexity index is 1620. The molecular weight excluding hydrogens is 609 g/mol. The van der Waals surface area contributed by atoms with Gasteiger partial charge in [0.05, 0.1) is 17.0 Å². The zero-order valence-corrected chi connectivity index (χ0v) is 22.9. The van der Waals surface area contributed by atoms with Gasteiger partial charge in [0.15, 0.2) is 0 Å². The van der Waals surface area contributed by atoms with E-state index in [1.165, 1.54) is 5.56 Å². The van der Waals surface area contributed by atoms with E-state index >= 15 is 0 Å². The number of carbonyl (C=O) groups is 2. The molecule has 186 valence electrons. The molecule has 3 N–H and O–H groups in total. The quantitative estimate of drug-likeness (QED) is 0.0947. The maximum absolute atomic E-state index is 13.2. The molecule has 5 nitrogen and oxygen atoms in total. The third kappa shape index (κ3) is 5.91. The molecule has 1 aliphatic rings. The van der Waals surface area contributed by atoms with Crippen molar-refractivity contribution in [1.82, 2.24) is 0 Å². The van der Waals surface area contributed by atoms with Gasteiger partial charge in [-0.25, -0.2) is 0 Å². The standard InChI is InChI=1S/C31H21ClIN3O2/c32-23-7-4-8-25(18-23)34-28(37)16-12-20-11-15-26-27(17-20)36-31(38)29(26)30(22-5-2-1-3-6-22)35-24-13-9-21(19-33)10-14-24/h1-11,13-15,17-18,35H,19H2,(H,34,37)(H,36,38)/b30-29-. The molecule has 2 amide bonds. The molecule has 0 saturated carbocycles. The summed E-state index contributed by atoms with van der Waals surface area (Å²) < 4.78 is 0.925. The minimum atomic E-state index is -0.457. The molecule has 0 unspecified atom stereocenters. The molecule has 4 aromatic rings. The summed E-state index contributed by atoms with van der Waals surface area (Å²) in [6, 6.07) is 30.2. The third-order valence-electron chi connectivity index (χ3n) is 5.86. The van der Waals surface area contributed by atoms with Crippen LogP contribution in [0, 0.1) is 11.8 Å². The van der Waals surface area contributed by atoms with Gasteiger partial charge < -0.3 is 16.0 Å². The normalized spacial score (nSPS) is 13.1. The lowest BCUT2D eigenvalue weighted by Crippen LogP contribution is -2.10. The topological polar surface area (TPSA) is 70.2 Å². The summed E-state index contributed by atoms with van der Waals surface area (Å²) in [5.41, 5.74) is 6.84. The summed E-state index contributed by atoms with van der Waals surface area (Å²) in [5, 5.41) is 9.65. The summed E-state index contributed by atoms with van der Waals surface area (Å²) >= 11 is 8.30. The smallest absolute Gasteiger partial charge is 0.300 e. The van der Waals surface area contributed by atoms with Crippen LogP contribution in [0.15, 0.2) is 97.1 Å². The molecule has 0 bridgehead atoms. The molecule has 0 aromatic heterocycles. The van der Waals surface area contributed by atoms with Crippen LogP contribution >= 0.6 is 34.2 Å². The number of benzene rings is 4. The second-order valence-corrected chi connectivity index (χ2v) is 9.70. The second kappa shape index (κ2) is 11.5. The van der Waals surface area contributed by atoms with E-state index in [0.717, 1.165) is 21.2 Å². The van der Waals surface area contributed by atoms with Crippen LogP contribution in [-0.4, -0.2) is 11.8 Å². The van der Waals surface area contributed by atoms with Crippen LogP contribution in [0.25, 0.3) is 11.3 Å². The molecular formula is C31H21ClIN3O2. The summed E-state index contributed by atoms with van der Waals surface area (Å²) in [5.74, 6) is 4.80. The average Bonchev–Trinajstić information content (AvgIpc) is 3.26. The van der Waals surface area contributed by atoms with Gasteiger partial charge in [-0.05, 0) is 53.6 Å². The second-order valence-electron chi connectivity index (χ2n) is 8.50. The number of alkyl halides is 1. The number of nitrogens with one attached hydrogen (secondary N) is 3. The Morgan fingerprint density at radius 1 is 0.868 bits per heavy atom. The third-order valence-corrected chi connectivity index (χ3v) is 6.97. The van der Waals surface area contributed by atoms with E-state index < -0.39 is 5.91 Å². The molecule has 0 saturated heterocycles. The lowest BCUT2D eigenvalue weighted by Gasteiger charge is -2.15. The van der Waals surface area contributed by atoms with E-state index in [4.69, 9.17) is 11.6 Å². The van der Waals surface area contributed by atoms with Crippen molar-refractivity contribution >= 4 is 74.3 Å². The molecule has 1 heterocycles. The van der Waals surface area contributed by atoms with Gasteiger partial charge in [-0.2, -0.15) is 0 Å². The number of fused-ring (bicyclic) bond motifs is 1. The predicted octanol–water partition coefficient (Wildman–Crippen LogP) is 7.20. The zero-order chi connectivity index (χ0) is 26.5. The van der Waals surface area contributed by atoms with Crippen LogP contribution in [-0.2, 0) is 14.0 Å². The minimum absolute atomic E-state index is 0.209. The lowest BCUT2D eigenvalue weighted by molar-refractivity contribution is -0.111. The SMILES string of the molecule is O=C(C#Cc1ccc2c(c1)NC(=O)/C2=C(\Nc1ccc(CI)cc1)c1ccccc1)Nc1cccc(Cl)c1. The first kappa shape index (κ1) is 25.6. The van der Waals surface area contributed by atoms with Crippen molar-refractivity contribution in [1.29, 1.82) is 0 Å². The van der Waals surface area contributed by atoms with Gasteiger partial charge in [-0.1, -0.05) is 94.7 Å². The molecule has 1 aliphatic heterocycles. The van der Waals surface area contributed by atoms with Crippen molar-refractivity contribution in [2.24, 2.45) is 0 Å².